The number of hydrogen-bond donors (Lipinski definition) is 1. The van der Waals surface area contributed by atoms with Crippen molar-refractivity contribution >= 4 is 17.3 Å². The number of aromatic carboxylic acids is 1. The van der Waals surface area contributed by atoms with Gasteiger partial charge in [-0.3, -0.25) is 14.5 Å². The molecule has 1 N–H and O–H groups in total. The topological polar surface area (TPSA) is 97.7 Å². The molecule has 2 rings (SSSR count). The molecule has 16 heavy (non-hydrogen) atoms. The van der Waals surface area contributed by atoms with E-state index in [1.165, 1.54) is 22.9 Å². The van der Waals surface area contributed by atoms with Crippen LogP contribution in [0.4, 0.5) is 5.69 Å². The summed E-state index contributed by atoms with van der Waals surface area (Å²) in [4.78, 5) is 24.8. The minimum atomic E-state index is -1.18. The molecule has 82 valence electrons. The second-order valence-corrected chi connectivity index (χ2v) is 3.28. The van der Waals surface area contributed by atoms with Gasteiger partial charge in [-0.2, -0.15) is 0 Å². The molecular weight excluding hydrogens is 214 g/mol. The molecule has 0 radical (unpaired) electrons. The highest BCUT2D eigenvalue weighted by Crippen LogP contribution is 2.20. The van der Waals surface area contributed by atoms with Gasteiger partial charge in [-0.1, -0.05) is 0 Å². The number of pyridine rings is 1. The van der Waals surface area contributed by atoms with Crippen LogP contribution in [-0.4, -0.2) is 25.4 Å². The van der Waals surface area contributed by atoms with Crippen molar-refractivity contribution in [2.24, 2.45) is 0 Å². The van der Waals surface area contributed by atoms with Gasteiger partial charge in [-0.15, -0.1) is 0 Å². The Morgan fingerprint density at radius 3 is 2.88 bits per heavy atom. The van der Waals surface area contributed by atoms with Gasteiger partial charge in [-0.25, -0.2) is 9.78 Å². The molecule has 7 nitrogen and oxygen atoms in total. The molecule has 2 aromatic rings. The Hall–Kier alpha value is -2.44. The minimum Gasteiger partial charge on any atom is -0.477 e. The zero-order valence-corrected chi connectivity index (χ0v) is 8.25. The Kier molecular flexibility index (Phi) is 2.08. The van der Waals surface area contributed by atoms with Gasteiger partial charge < -0.3 is 5.11 Å². The van der Waals surface area contributed by atoms with Crippen LogP contribution in [0, 0.1) is 17.0 Å². The maximum absolute atomic E-state index is 10.8. The Balaban J connectivity index is 2.79. The first-order valence-corrected chi connectivity index (χ1v) is 4.36. The third-order valence-corrected chi connectivity index (χ3v) is 2.24. The molecule has 0 aromatic carbocycles. The van der Waals surface area contributed by atoms with Crippen LogP contribution in [0.2, 0.25) is 0 Å². The Labute approximate surface area is 89.1 Å². The van der Waals surface area contributed by atoms with E-state index in [9.17, 15) is 14.9 Å². The van der Waals surface area contributed by atoms with Crippen molar-refractivity contribution < 1.29 is 14.8 Å². The first kappa shape index (κ1) is 10.1. The second-order valence-electron chi connectivity index (χ2n) is 3.28. The number of fused-ring (bicyclic) bond motifs is 1. The van der Waals surface area contributed by atoms with Crippen molar-refractivity contribution in [2.75, 3.05) is 0 Å². The number of rotatable bonds is 2. The highest BCUT2D eigenvalue weighted by Gasteiger charge is 2.16. The number of aryl methyl sites for hydroxylation is 1. The van der Waals surface area contributed by atoms with E-state index in [2.05, 4.69) is 4.98 Å². The molecule has 0 aliphatic rings. The van der Waals surface area contributed by atoms with Crippen molar-refractivity contribution in [3.8, 4) is 0 Å². The number of hydrogen-bond acceptors (Lipinski definition) is 4. The lowest BCUT2D eigenvalue weighted by Gasteiger charge is -2.00. The van der Waals surface area contributed by atoms with Gasteiger partial charge in [-0.05, 0) is 13.0 Å². The van der Waals surface area contributed by atoms with Crippen molar-refractivity contribution in [3.05, 3.63) is 39.8 Å². The number of carboxylic acid groups (broad SMARTS) is 1. The van der Waals surface area contributed by atoms with E-state index in [1.807, 2.05) is 0 Å². The Bertz CT molecular complexity index is 602. The van der Waals surface area contributed by atoms with Gasteiger partial charge in [0, 0.05) is 5.56 Å². The molecule has 0 amide bonds. The molecular formula is C9H7N3O4. The third-order valence-electron chi connectivity index (χ3n) is 2.24. The lowest BCUT2D eigenvalue weighted by Crippen LogP contribution is -2.03. The summed E-state index contributed by atoms with van der Waals surface area (Å²) in [6, 6.07) is 1.48. The number of nitro groups is 1. The van der Waals surface area contributed by atoms with Gasteiger partial charge in [0.2, 0.25) is 0 Å². The zero-order chi connectivity index (χ0) is 11.9. The van der Waals surface area contributed by atoms with Gasteiger partial charge in [0.25, 0.3) is 5.69 Å². The largest absolute Gasteiger partial charge is 0.477 e. The summed E-state index contributed by atoms with van der Waals surface area (Å²) in [6.07, 6.45) is 2.34. The molecule has 0 aliphatic heterocycles. The molecule has 0 aliphatic carbocycles. The van der Waals surface area contributed by atoms with Crippen molar-refractivity contribution in [3.63, 3.8) is 0 Å². The molecule has 0 bridgehead atoms. The number of carboxylic acids is 1. The number of nitrogens with zero attached hydrogens (tertiary/aromatic N) is 3. The van der Waals surface area contributed by atoms with E-state index in [4.69, 9.17) is 5.11 Å². The van der Waals surface area contributed by atoms with Crippen LogP contribution in [0.15, 0.2) is 18.5 Å². The van der Waals surface area contributed by atoms with Crippen molar-refractivity contribution in [1.82, 2.24) is 9.38 Å². The Morgan fingerprint density at radius 1 is 1.62 bits per heavy atom. The van der Waals surface area contributed by atoms with E-state index in [0.29, 0.717) is 11.2 Å². The monoisotopic (exact) mass is 221 g/mol. The summed E-state index contributed by atoms with van der Waals surface area (Å²) < 4.78 is 1.19. The molecule has 2 aromatic heterocycles. The third kappa shape index (κ3) is 1.38. The van der Waals surface area contributed by atoms with Crippen LogP contribution in [0.3, 0.4) is 0 Å². The van der Waals surface area contributed by atoms with Gasteiger partial charge >= 0.3 is 5.97 Å². The van der Waals surface area contributed by atoms with E-state index in [0.717, 1.165) is 0 Å². The number of imidazole rings is 1. The Morgan fingerprint density at radius 2 is 2.31 bits per heavy atom. The van der Waals surface area contributed by atoms with Crippen molar-refractivity contribution in [1.29, 1.82) is 0 Å². The fourth-order valence-electron chi connectivity index (χ4n) is 1.46. The molecule has 0 spiro atoms. The quantitative estimate of drug-likeness (QED) is 0.607. The smallest absolute Gasteiger partial charge is 0.354 e. The summed E-state index contributed by atoms with van der Waals surface area (Å²) in [5, 5.41) is 19.5. The highest BCUT2D eigenvalue weighted by atomic mass is 16.6. The predicted molar refractivity (Wildman–Crippen MR) is 53.5 cm³/mol. The fourth-order valence-corrected chi connectivity index (χ4v) is 1.46. The first-order valence-electron chi connectivity index (χ1n) is 4.36. The van der Waals surface area contributed by atoms with Crippen LogP contribution in [0.5, 0.6) is 0 Å². The van der Waals surface area contributed by atoms with E-state index in [1.54, 1.807) is 6.92 Å². The average molecular weight is 221 g/mol. The lowest BCUT2D eigenvalue weighted by atomic mass is 10.2. The summed E-state index contributed by atoms with van der Waals surface area (Å²) in [5.41, 5.74) is 0.589. The van der Waals surface area contributed by atoms with Crippen LogP contribution in [-0.2, 0) is 0 Å². The van der Waals surface area contributed by atoms with E-state index >= 15 is 0 Å². The molecule has 7 heteroatoms. The molecule has 0 saturated heterocycles. The SMILES string of the molecule is Cc1cc2ncc(C(=O)O)n2cc1[N+](=O)[O-]. The maximum Gasteiger partial charge on any atom is 0.354 e. The van der Waals surface area contributed by atoms with Crippen LogP contribution < -0.4 is 0 Å². The van der Waals surface area contributed by atoms with Crippen LogP contribution in [0.25, 0.3) is 5.65 Å². The molecule has 0 saturated carbocycles. The minimum absolute atomic E-state index is 0.0990. The molecule has 0 fully saturated rings. The van der Waals surface area contributed by atoms with E-state index < -0.39 is 10.9 Å². The van der Waals surface area contributed by atoms with Crippen molar-refractivity contribution in [2.45, 2.75) is 6.92 Å². The standard InChI is InChI=1S/C9H7N3O4/c1-5-2-8-10-3-6(9(13)14)11(8)4-7(5)12(15)16/h2-4H,1H3,(H,13,14). The molecule has 0 atom stereocenters. The number of carbonyl (C=O) groups is 1. The summed E-state index contributed by atoms with van der Waals surface area (Å²) >= 11 is 0. The fraction of sp³-hybridized carbons (Fsp3) is 0.111. The molecule has 0 unspecified atom stereocenters. The zero-order valence-electron chi connectivity index (χ0n) is 8.25. The first-order chi connectivity index (χ1) is 7.50. The summed E-state index contributed by atoms with van der Waals surface area (Å²) in [7, 11) is 0. The highest BCUT2D eigenvalue weighted by molar-refractivity contribution is 5.86. The summed E-state index contributed by atoms with van der Waals surface area (Å²) in [5.74, 6) is -1.18. The lowest BCUT2D eigenvalue weighted by molar-refractivity contribution is -0.385. The van der Waals surface area contributed by atoms with E-state index in [-0.39, 0.29) is 11.4 Å². The maximum atomic E-state index is 10.8. The number of aromatic nitrogens is 2. The van der Waals surface area contributed by atoms with Crippen LogP contribution in [0.1, 0.15) is 16.1 Å². The van der Waals surface area contributed by atoms with Gasteiger partial charge in [0.1, 0.15) is 5.65 Å². The van der Waals surface area contributed by atoms with Gasteiger partial charge in [0.15, 0.2) is 5.69 Å². The second kappa shape index (κ2) is 3.30. The van der Waals surface area contributed by atoms with Crippen LogP contribution >= 0.6 is 0 Å². The molecule has 2 heterocycles. The predicted octanol–water partition coefficient (Wildman–Crippen LogP) is 1.25. The average Bonchev–Trinajstić information content (AvgIpc) is 2.58. The normalized spacial score (nSPS) is 10.6. The summed E-state index contributed by atoms with van der Waals surface area (Å²) in [6.45, 7) is 1.58. The van der Waals surface area contributed by atoms with Gasteiger partial charge in [0.05, 0.1) is 17.3 Å².